The molecule has 0 atom stereocenters. The molecule has 0 unspecified atom stereocenters. The van der Waals surface area contributed by atoms with Crippen LogP contribution in [-0.4, -0.2) is 36.4 Å². The van der Waals surface area contributed by atoms with Gasteiger partial charge in [0.25, 0.3) is 0 Å². The van der Waals surface area contributed by atoms with Crippen molar-refractivity contribution in [3.63, 3.8) is 0 Å². The number of rotatable bonds is 6. The van der Waals surface area contributed by atoms with E-state index in [1.165, 1.54) is 50.6 Å². The molecule has 0 saturated heterocycles. The fourth-order valence-corrected chi connectivity index (χ4v) is 2.00. The van der Waals surface area contributed by atoms with Crippen LogP contribution in [0.15, 0.2) is 48.6 Å². The number of phenolic OH excluding ortho intramolecular Hbond substituents is 2. The number of halogens is 1. The number of ether oxygens (including phenoxy) is 2. The Balaban J connectivity index is 0.000000544. The quantitative estimate of drug-likeness (QED) is 0.441. The third-order valence-electron chi connectivity index (χ3n) is 3.31. The number of hydrogen-bond acceptors (Lipinski definition) is 8. The fourth-order valence-electron chi connectivity index (χ4n) is 1.95. The van der Waals surface area contributed by atoms with E-state index >= 15 is 0 Å². The van der Waals surface area contributed by atoms with Gasteiger partial charge in [0.1, 0.15) is 11.9 Å². The largest absolute Gasteiger partial charge is 1.00 e. The van der Waals surface area contributed by atoms with Crippen molar-refractivity contribution in [1.82, 2.24) is 0 Å². The van der Waals surface area contributed by atoms with Crippen molar-refractivity contribution in [3.8, 4) is 23.0 Å². The van der Waals surface area contributed by atoms with E-state index in [2.05, 4.69) is 4.29 Å². The molecule has 0 fully saturated rings. The Morgan fingerprint density at radius 3 is 1.70 bits per heavy atom. The molecule has 10 heteroatoms. The zero-order valence-corrected chi connectivity index (χ0v) is 19.3. The number of benzene rings is 2. The zero-order chi connectivity index (χ0) is 21.8. The Labute approximate surface area is 200 Å². The summed E-state index contributed by atoms with van der Waals surface area (Å²) in [5.41, 5.74) is 1.30. The van der Waals surface area contributed by atoms with Crippen LogP contribution in [0.25, 0.3) is 12.2 Å². The van der Waals surface area contributed by atoms with E-state index in [1.54, 1.807) is 18.2 Å². The predicted octanol–water partition coefficient (Wildman–Crippen LogP) is -0.721. The van der Waals surface area contributed by atoms with Gasteiger partial charge < -0.3 is 33.9 Å². The Bertz CT molecular complexity index is 912. The average molecular weight is 445 g/mol. The van der Waals surface area contributed by atoms with Crippen LogP contribution in [0.2, 0.25) is 0 Å². The molecule has 2 aromatic carbocycles. The number of carboxylic acid groups (broad SMARTS) is 1. The number of aromatic hydroxyl groups is 2. The summed E-state index contributed by atoms with van der Waals surface area (Å²) in [6.45, 7) is 0. The molecule has 0 bridgehead atoms. The van der Waals surface area contributed by atoms with Crippen LogP contribution in [0.1, 0.15) is 11.1 Å². The summed E-state index contributed by atoms with van der Waals surface area (Å²) in [5.74, 6) is -1.25. The first-order chi connectivity index (χ1) is 13.8. The smallest absolute Gasteiger partial charge is 0.545 e. The van der Waals surface area contributed by atoms with Crippen molar-refractivity contribution in [2.75, 3.05) is 14.2 Å². The molecule has 0 aliphatic heterocycles. The van der Waals surface area contributed by atoms with E-state index < -0.39 is 11.9 Å². The van der Waals surface area contributed by atoms with E-state index in [0.717, 1.165) is 6.08 Å². The summed E-state index contributed by atoms with van der Waals surface area (Å²) in [6, 6.07) is 9.17. The number of methoxy groups -OCH3 is 2. The van der Waals surface area contributed by atoms with Gasteiger partial charge in [-0.1, -0.05) is 18.2 Å². The van der Waals surface area contributed by atoms with Crippen molar-refractivity contribution in [3.05, 3.63) is 59.7 Å². The molecule has 2 N–H and O–H groups in total. The van der Waals surface area contributed by atoms with Gasteiger partial charge >= 0.3 is 35.5 Å². The van der Waals surface area contributed by atoms with Gasteiger partial charge in [0.15, 0.2) is 23.0 Å². The third kappa shape index (κ3) is 9.71. The fraction of sp³-hybridized carbons (Fsp3) is 0.100. The molecule has 8 nitrogen and oxygen atoms in total. The van der Waals surface area contributed by atoms with Gasteiger partial charge in [0.05, 0.1) is 20.2 Å². The Hall–Kier alpha value is -2.65. The Morgan fingerprint density at radius 2 is 1.33 bits per heavy atom. The van der Waals surface area contributed by atoms with E-state index in [-0.39, 0.29) is 41.1 Å². The average Bonchev–Trinajstić information content (AvgIpc) is 2.72. The summed E-state index contributed by atoms with van der Waals surface area (Å²) in [6.07, 6.45) is 4.93. The van der Waals surface area contributed by atoms with E-state index in [0.29, 0.717) is 22.6 Å². The predicted molar refractivity (Wildman–Crippen MR) is 104 cm³/mol. The van der Waals surface area contributed by atoms with Crippen molar-refractivity contribution in [2.24, 2.45) is 0 Å². The minimum atomic E-state index is -1.27. The molecule has 0 radical (unpaired) electrons. The minimum Gasteiger partial charge on any atom is -0.545 e. The Kier molecular flexibility index (Phi) is 13.1. The number of carboxylic acids is 1. The molecule has 0 aliphatic rings. The van der Waals surface area contributed by atoms with Crippen LogP contribution in [-0.2, 0) is 13.9 Å². The molecule has 0 saturated carbocycles. The molecule has 0 amide bonds. The van der Waals surface area contributed by atoms with E-state index in [1.807, 2.05) is 0 Å². The zero-order valence-electron chi connectivity index (χ0n) is 16.5. The standard InChI is InChI=1S/C10H9ClO4.C10H10O4.Na/c1-14-9-6-7(2-4-8(9)12)3-5-10(13)15-11;1-14-9-6-7(2-4-8(9)11)3-5-10(12)13;/h2-6,12H,1H3;2-6,11H,1H3,(H,12,13);/q;;+1/p-1/b2*5-3+;. The number of hydrogen-bond donors (Lipinski definition) is 2. The maximum Gasteiger partial charge on any atom is 1.00 e. The van der Waals surface area contributed by atoms with E-state index in [4.69, 9.17) is 21.3 Å². The number of aliphatic carboxylic acids is 1. The molecular formula is C20H18ClNaO8. The van der Waals surface area contributed by atoms with Crippen molar-refractivity contribution in [1.29, 1.82) is 0 Å². The first-order valence-corrected chi connectivity index (χ1v) is 8.25. The maximum atomic E-state index is 10.7. The molecule has 2 rings (SSSR count). The van der Waals surface area contributed by atoms with Gasteiger partial charge in [-0.25, -0.2) is 4.79 Å². The van der Waals surface area contributed by atoms with Crippen molar-refractivity contribution < 1.29 is 68.2 Å². The molecule has 0 spiro atoms. The van der Waals surface area contributed by atoms with Gasteiger partial charge in [-0.15, -0.1) is 0 Å². The first-order valence-electron chi connectivity index (χ1n) is 7.94. The van der Waals surface area contributed by atoms with Crippen LogP contribution in [0.4, 0.5) is 0 Å². The third-order valence-corrected chi connectivity index (χ3v) is 3.46. The van der Waals surface area contributed by atoms with E-state index in [9.17, 15) is 24.9 Å². The normalized spacial score (nSPS) is 9.97. The summed E-state index contributed by atoms with van der Waals surface area (Å²) < 4.78 is 13.7. The van der Waals surface area contributed by atoms with Crippen LogP contribution < -0.4 is 44.1 Å². The second-order valence-corrected chi connectivity index (χ2v) is 5.40. The van der Waals surface area contributed by atoms with Gasteiger partial charge in [0.2, 0.25) is 0 Å². The number of carbonyl (C=O) groups excluding carboxylic acids is 2. The summed E-state index contributed by atoms with van der Waals surface area (Å²) >= 11 is 4.84. The maximum absolute atomic E-state index is 10.7. The Morgan fingerprint density at radius 1 is 0.900 bits per heavy atom. The molecular weight excluding hydrogens is 427 g/mol. The van der Waals surface area contributed by atoms with Crippen LogP contribution >= 0.6 is 11.9 Å². The molecule has 0 aromatic heterocycles. The minimum absolute atomic E-state index is 0. The second kappa shape index (κ2) is 14.4. The van der Waals surface area contributed by atoms with Crippen LogP contribution in [0, 0.1) is 0 Å². The number of carbonyl (C=O) groups is 2. The van der Waals surface area contributed by atoms with Gasteiger partial charge in [0, 0.05) is 6.08 Å². The van der Waals surface area contributed by atoms with Gasteiger partial charge in [-0.05, 0) is 47.5 Å². The molecule has 2 aromatic rings. The molecule has 30 heavy (non-hydrogen) atoms. The summed E-state index contributed by atoms with van der Waals surface area (Å²) in [5, 5.41) is 28.6. The van der Waals surface area contributed by atoms with Crippen LogP contribution in [0.3, 0.4) is 0 Å². The summed E-state index contributed by atoms with van der Waals surface area (Å²) in [4.78, 5) is 20.8. The molecule has 0 heterocycles. The summed E-state index contributed by atoms with van der Waals surface area (Å²) in [7, 11) is 2.86. The van der Waals surface area contributed by atoms with Gasteiger partial charge in [-0.2, -0.15) is 0 Å². The topological polar surface area (TPSA) is 125 Å². The van der Waals surface area contributed by atoms with Crippen LogP contribution in [0.5, 0.6) is 23.0 Å². The SMILES string of the molecule is COc1cc(/C=C/C(=O)OCl)ccc1O.COc1cc(/C=C/C(=O)[O-])ccc1O.[Na+]. The second-order valence-electron chi connectivity index (χ2n) is 5.24. The number of phenols is 2. The first kappa shape index (κ1) is 27.4. The monoisotopic (exact) mass is 444 g/mol. The van der Waals surface area contributed by atoms with Gasteiger partial charge in [-0.3, -0.25) is 0 Å². The molecule has 154 valence electrons. The van der Waals surface area contributed by atoms with Crippen molar-refractivity contribution in [2.45, 2.75) is 0 Å². The molecule has 0 aliphatic carbocycles. The van der Waals surface area contributed by atoms with Crippen molar-refractivity contribution >= 4 is 36.0 Å².